The van der Waals surface area contributed by atoms with Gasteiger partial charge >= 0.3 is 0 Å². The van der Waals surface area contributed by atoms with E-state index in [0.29, 0.717) is 18.3 Å². The molecule has 2 aromatic carbocycles. The van der Waals surface area contributed by atoms with E-state index in [2.05, 4.69) is 82.6 Å². The molecule has 26 heavy (non-hydrogen) atoms. The average molecular weight is 345 g/mol. The van der Waals surface area contributed by atoms with Gasteiger partial charge in [-0.3, -0.25) is 4.90 Å². The maximum Gasteiger partial charge on any atom is 0.241 e. The van der Waals surface area contributed by atoms with E-state index in [-0.39, 0.29) is 0 Å². The van der Waals surface area contributed by atoms with Crippen LogP contribution in [0.15, 0.2) is 65.2 Å². The van der Waals surface area contributed by atoms with Crippen LogP contribution in [-0.4, -0.2) is 28.1 Å². The van der Waals surface area contributed by atoms with E-state index in [1.807, 2.05) is 0 Å². The number of rotatable bonds is 5. The summed E-state index contributed by atoms with van der Waals surface area (Å²) in [4.78, 5) is 6.90. The van der Waals surface area contributed by atoms with Gasteiger partial charge in [0.2, 0.25) is 11.7 Å². The molecule has 0 fully saturated rings. The molecular formula is C22H23N3O. The van der Waals surface area contributed by atoms with Gasteiger partial charge in [-0.2, -0.15) is 4.98 Å². The zero-order valence-electron chi connectivity index (χ0n) is 15.1. The summed E-state index contributed by atoms with van der Waals surface area (Å²) in [5.41, 5.74) is 5.06. The van der Waals surface area contributed by atoms with Crippen molar-refractivity contribution in [2.75, 3.05) is 13.1 Å². The number of hydrogen-bond donors (Lipinski definition) is 0. The lowest BCUT2D eigenvalue weighted by molar-refractivity contribution is 0.245. The number of nitrogens with zero attached hydrogens (tertiary/aromatic N) is 3. The molecular weight excluding hydrogens is 322 g/mol. The predicted molar refractivity (Wildman–Crippen MR) is 103 cm³/mol. The van der Waals surface area contributed by atoms with Gasteiger partial charge in [0.15, 0.2) is 0 Å². The molecule has 4 nitrogen and oxygen atoms in total. The lowest BCUT2D eigenvalue weighted by atomic mass is 10.00. The molecule has 0 atom stereocenters. The third-order valence-electron chi connectivity index (χ3n) is 4.89. The zero-order valence-corrected chi connectivity index (χ0v) is 15.1. The maximum atomic E-state index is 5.47. The Balaban J connectivity index is 1.39. The van der Waals surface area contributed by atoms with Crippen molar-refractivity contribution < 1.29 is 4.52 Å². The van der Waals surface area contributed by atoms with E-state index in [1.54, 1.807) is 0 Å². The first-order valence-electron chi connectivity index (χ1n) is 9.20. The minimum atomic E-state index is 0.667. The van der Waals surface area contributed by atoms with E-state index >= 15 is 0 Å². The minimum Gasteiger partial charge on any atom is -0.338 e. The van der Waals surface area contributed by atoms with Gasteiger partial charge in [0.1, 0.15) is 0 Å². The summed E-state index contributed by atoms with van der Waals surface area (Å²) >= 11 is 0. The highest BCUT2D eigenvalue weighted by atomic mass is 16.5. The van der Waals surface area contributed by atoms with Crippen LogP contribution in [0.3, 0.4) is 0 Å². The summed E-state index contributed by atoms with van der Waals surface area (Å²) in [5.74, 6) is 1.34. The summed E-state index contributed by atoms with van der Waals surface area (Å²) < 4.78 is 5.47. The second-order valence-electron chi connectivity index (χ2n) is 6.64. The van der Waals surface area contributed by atoms with E-state index in [9.17, 15) is 0 Å². The van der Waals surface area contributed by atoms with Crippen LogP contribution in [0, 0.1) is 0 Å². The van der Waals surface area contributed by atoms with Crippen LogP contribution >= 0.6 is 0 Å². The molecule has 0 saturated carbocycles. The number of hydrogen-bond acceptors (Lipinski definition) is 4. The van der Waals surface area contributed by atoms with Crippen molar-refractivity contribution in [1.82, 2.24) is 15.0 Å². The lowest BCUT2D eigenvalue weighted by Crippen LogP contribution is -2.28. The van der Waals surface area contributed by atoms with Gasteiger partial charge in [-0.05, 0) is 29.5 Å². The molecule has 4 heteroatoms. The molecule has 3 aromatic rings. The van der Waals surface area contributed by atoms with Crippen LogP contribution in [0.5, 0.6) is 0 Å². The van der Waals surface area contributed by atoms with Gasteiger partial charge in [0.05, 0.1) is 6.54 Å². The summed E-state index contributed by atoms with van der Waals surface area (Å²) in [6.45, 7) is 4.76. The first-order valence-corrected chi connectivity index (χ1v) is 9.20. The highest BCUT2D eigenvalue weighted by molar-refractivity contribution is 5.66. The Morgan fingerprint density at radius 1 is 1.00 bits per heavy atom. The molecule has 0 spiro atoms. The Morgan fingerprint density at radius 3 is 2.50 bits per heavy atom. The lowest BCUT2D eigenvalue weighted by Gasteiger charge is -2.24. The van der Waals surface area contributed by atoms with Gasteiger partial charge in [-0.15, -0.1) is 0 Å². The van der Waals surface area contributed by atoms with Gasteiger partial charge in [0.25, 0.3) is 0 Å². The summed E-state index contributed by atoms with van der Waals surface area (Å²) in [6, 6.07) is 18.9. The van der Waals surface area contributed by atoms with Crippen LogP contribution in [0.1, 0.15) is 30.4 Å². The second kappa shape index (κ2) is 7.67. The third kappa shape index (κ3) is 3.75. The molecule has 1 aromatic heterocycles. The number of benzene rings is 2. The first kappa shape index (κ1) is 16.7. The van der Waals surface area contributed by atoms with E-state index in [0.717, 1.165) is 31.5 Å². The highest BCUT2D eigenvalue weighted by Crippen LogP contribution is 2.23. The van der Waals surface area contributed by atoms with Gasteiger partial charge < -0.3 is 4.52 Å². The number of aromatic nitrogens is 2. The monoisotopic (exact) mass is 345 g/mol. The topological polar surface area (TPSA) is 42.2 Å². The van der Waals surface area contributed by atoms with Crippen molar-refractivity contribution in [3.05, 3.63) is 77.7 Å². The molecule has 0 radical (unpaired) electrons. The standard InChI is InChI=1S/C22H23N3O/c1-2-17-8-10-20(11-9-17)22-23-21(26-24-22)16-25-14-12-19(13-15-25)18-6-4-3-5-7-18/h3-12H,2,13-16H2,1H3. The Hall–Kier alpha value is -2.72. The fraction of sp³-hybridized carbons (Fsp3) is 0.273. The van der Waals surface area contributed by atoms with Crippen molar-refractivity contribution in [1.29, 1.82) is 0 Å². The van der Waals surface area contributed by atoms with E-state index in [4.69, 9.17) is 4.52 Å². The molecule has 0 N–H and O–H groups in total. The molecule has 0 aliphatic carbocycles. The zero-order chi connectivity index (χ0) is 17.8. The second-order valence-corrected chi connectivity index (χ2v) is 6.64. The molecule has 0 bridgehead atoms. The first-order chi connectivity index (χ1) is 12.8. The molecule has 2 heterocycles. The van der Waals surface area contributed by atoms with Crippen LogP contribution in [-0.2, 0) is 13.0 Å². The Morgan fingerprint density at radius 2 is 1.81 bits per heavy atom. The molecule has 1 aliphatic rings. The SMILES string of the molecule is CCc1ccc(-c2noc(CN3CC=C(c4ccccc4)CC3)n2)cc1. The van der Waals surface area contributed by atoms with Crippen LogP contribution in [0.2, 0.25) is 0 Å². The van der Waals surface area contributed by atoms with Crippen LogP contribution in [0.25, 0.3) is 17.0 Å². The third-order valence-corrected chi connectivity index (χ3v) is 4.89. The molecule has 0 amide bonds. The van der Waals surface area contributed by atoms with Crippen LogP contribution < -0.4 is 0 Å². The van der Waals surface area contributed by atoms with E-state index in [1.165, 1.54) is 16.7 Å². The summed E-state index contributed by atoms with van der Waals surface area (Å²) in [5, 5.41) is 4.14. The predicted octanol–water partition coefficient (Wildman–Crippen LogP) is 4.59. The van der Waals surface area contributed by atoms with E-state index < -0.39 is 0 Å². The Labute approximate surface area is 154 Å². The summed E-state index contributed by atoms with van der Waals surface area (Å²) in [7, 11) is 0. The van der Waals surface area contributed by atoms with Crippen molar-refractivity contribution in [3.63, 3.8) is 0 Å². The fourth-order valence-corrected chi connectivity index (χ4v) is 3.29. The summed E-state index contributed by atoms with van der Waals surface area (Å²) in [6.07, 6.45) is 4.38. The van der Waals surface area contributed by atoms with Crippen molar-refractivity contribution in [3.8, 4) is 11.4 Å². The minimum absolute atomic E-state index is 0.667. The average Bonchev–Trinajstić information content (AvgIpc) is 3.18. The Kier molecular flexibility index (Phi) is 4.93. The highest BCUT2D eigenvalue weighted by Gasteiger charge is 2.16. The smallest absolute Gasteiger partial charge is 0.241 e. The largest absolute Gasteiger partial charge is 0.338 e. The molecule has 132 valence electrons. The maximum absolute atomic E-state index is 5.47. The Bertz CT molecular complexity index is 881. The molecule has 0 unspecified atom stereocenters. The van der Waals surface area contributed by atoms with Gasteiger partial charge in [-0.25, -0.2) is 0 Å². The quantitative estimate of drug-likeness (QED) is 0.678. The number of aryl methyl sites for hydroxylation is 1. The fourth-order valence-electron chi connectivity index (χ4n) is 3.29. The molecule has 0 saturated heterocycles. The normalized spacial score (nSPS) is 15.0. The van der Waals surface area contributed by atoms with Gasteiger partial charge in [-0.1, -0.05) is 72.8 Å². The van der Waals surface area contributed by atoms with Crippen molar-refractivity contribution in [2.24, 2.45) is 0 Å². The molecule has 1 aliphatic heterocycles. The van der Waals surface area contributed by atoms with Gasteiger partial charge in [0, 0.05) is 18.7 Å². The van der Waals surface area contributed by atoms with Crippen LogP contribution in [0.4, 0.5) is 0 Å². The van der Waals surface area contributed by atoms with Crippen molar-refractivity contribution in [2.45, 2.75) is 26.3 Å². The molecule has 4 rings (SSSR count). The van der Waals surface area contributed by atoms with Crippen molar-refractivity contribution >= 4 is 5.57 Å².